The highest BCUT2D eigenvalue weighted by atomic mass is 16.5. The largest absolute Gasteiger partial charge is 0.460 e. The van der Waals surface area contributed by atoms with Gasteiger partial charge < -0.3 is 13.9 Å². The minimum atomic E-state index is -0.809. The molecule has 0 aliphatic carbocycles. The van der Waals surface area contributed by atoms with Gasteiger partial charge in [-0.25, -0.2) is 4.79 Å². The van der Waals surface area contributed by atoms with E-state index in [1.54, 1.807) is 18.2 Å². The number of imide groups is 1. The van der Waals surface area contributed by atoms with Crippen molar-refractivity contribution < 1.29 is 28.3 Å². The molecular weight excluding hydrogens is 462 g/mol. The highest BCUT2D eigenvalue weighted by Gasteiger charge is 2.36. The van der Waals surface area contributed by atoms with Crippen molar-refractivity contribution in [3.05, 3.63) is 99.9 Å². The fourth-order valence-electron chi connectivity index (χ4n) is 4.07. The molecule has 0 unspecified atom stereocenters. The Hall–Kier alpha value is -4.72. The fraction of sp³-hybridized carbons (Fsp3) is 0.143. The van der Waals surface area contributed by atoms with Crippen LogP contribution in [0.1, 0.15) is 46.0 Å². The molecule has 0 atom stereocenters. The number of para-hydroxylation sites is 1. The van der Waals surface area contributed by atoms with Gasteiger partial charge in [-0.05, 0) is 41.8 Å². The molecule has 1 aliphatic heterocycles. The van der Waals surface area contributed by atoms with Crippen LogP contribution in [0.3, 0.4) is 0 Å². The first kappa shape index (κ1) is 23.0. The van der Waals surface area contributed by atoms with Crippen molar-refractivity contribution >= 4 is 28.8 Å². The number of rotatable bonds is 6. The van der Waals surface area contributed by atoms with E-state index in [1.807, 2.05) is 32.0 Å². The van der Waals surface area contributed by atoms with Gasteiger partial charge in [-0.3, -0.25) is 19.3 Å². The molecule has 0 fully saturated rings. The van der Waals surface area contributed by atoms with Crippen molar-refractivity contribution in [2.75, 3.05) is 6.54 Å². The minimum Gasteiger partial charge on any atom is -0.460 e. The molecule has 0 saturated heterocycles. The van der Waals surface area contributed by atoms with Gasteiger partial charge in [-0.1, -0.05) is 44.2 Å². The summed E-state index contributed by atoms with van der Waals surface area (Å²) < 4.78 is 16.8. The number of fused-ring (bicyclic) bond motifs is 2. The van der Waals surface area contributed by atoms with E-state index in [0.29, 0.717) is 5.75 Å². The summed E-state index contributed by atoms with van der Waals surface area (Å²) >= 11 is 0. The zero-order chi connectivity index (χ0) is 25.4. The molecule has 1 aliphatic rings. The summed E-state index contributed by atoms with van der Waals surface area (Å²) in [5, 5.41) is 0.245. The molecule has 8 heteroatoms. The predicted octanol–water partition coefficient (Wildman–Crippen LogP) is 4.91. The highest BCUT2D eigenvalue weighted by molar-refractivity contribution is 6.22. The van der Waals surface area contributed by atoms with Crippen LogP contribution in [0.15, 0.2) is 82.2 Å². The van der Waals surface area contributed by atoms with Crippen LogP contribution in [0, 0.1) is 0 Å². The van der Waals surface area contributed by atoms with E-state index in [0.717, 1.165) is 10.5 Å². The molecule has 5 rings (SSSR count). The lowest BCUT2D eigenvalue weighted by Crippen LogP contribution is -2.36. The number of esters is 1. The zero-order valence-electron chi connectivity index (χ0n) is 19.5. The molecule has 0 bridgehead atoms. The monoisotopic (exact) mass is 483 g/mol. The van der Waals surface area contributed by atoms with E-state index < -0.39 is 24.3 Å². The molecule has 0 saturated carbocycles. The van der Waals surface area contributed by atoms with Crippen molar-refractivity contribution in [1.82, 2.24) is 4.90 Å². The van der Waals surface area contributed by atoms with E-state index in [4.69, 9.17) is 13.9 Å². The van der Waals surface area contributed by atoms with Gasteiger partial charge in [0, 0.05) is 6.07 Å². The van der Waals surface area contributed by atoms with Gasteiger partial charge in [0.15, 0.2) is 0 Å². The molecule has 0 N–H and O–H groups in total. The smallest absolute Gasteiger partial charge is 0.331 e. The van der Waals surface area contributed by atoms with Crippen LogP contribution in [-0.2, 0) is 4.79 Å². The van der Waals surface area contributed by atoms with E-state index >= 15 is 0 Å². The average molecular weight is 483 g/mol. The van der Waals surface area contributed by atoms with Gasteiger partial charge in [0.25, 0.3) is 11.8 Å². The maximum Gasteiger partial charge on any atom is 0.331 e. The van der Waals surface area contributed by atoms with Crippen LogP contribution >= 0.6 is 0 Å². The van der Waals surface area contributed by atoms with Crippen LogP contribution in [-0.4, -0.2) is 29.2 Å². The molecule has 0 spiro atoms. The lowest BCUT2D eigenvalue weighted by Gasteiger charge is -2.14. The molecular formula is C28H21NO7. The van der Waals surface area contributed by atoms with Gasteiger partial charge in [0.2, 0.25) is 11.2 Å². The third kappa shape index (κ3) is 4.13. The van der Waals surface area contributed by atoms with Gasteiger partial charge in [-0.2, -0.15) is 0 Å². The number of nitrogens with zero attached hydrogens (tertiary/aromatic N) is 1. The topological polar surface area (TPSA) is 103 Å². The van der Waals surface area contributed by atoms with Gasteiger partial charge in [0.1, 0.15) is 29.9 Å². The summed E-state index contributed by atoms with van der Waals surface area (Å²) in [6, 6.07) is 18.1. The zero-order valence-corrected chi connectivity index (χ0v) is 19.5. The summed E-state index contributed by atoms with van der Waals surface area (Å²) in [6.07, 6.45) is 1.21. The number of carbonyl (C=O) groups excluding carboxylic acids is 3. The molecule has 36 heavy (non-hydrogen) atoms. The first-order valence-electron chi connectivity index (χ1n) is 11.3. The lowest BCUT2D eigenvalue weighted by atomic mass is 10.0. The highest BCUT2D eigenvalue weighted by Crippen LogP contribution is 2.30. The Balaban J connectivity index is 1.33. The predicted molar refractivity (Wildman–Crippen MR) is 131 cm³/mol. The second-order valence-corrected chi connectivity index (χ2v) is 8.60. The van der Waals surface area contributed by atoms with Crippen LogP contribution in [0.4, 0.5) is 0 Å². The summed E-state index contributed by atoms with van der Waals surface area (Å²) in [6.45, 7) is 3.51. The average Bonchev–Trinajstić information content (AvgIpc) is 3.11. The minimum absolute atomic E-state index is 0.0333. The summed E-state index contributed by atoms with van der Waals surface area (Å²) in [5.41, 5.74) is 1.26. The Bertz CT molecular complexity index is 1550. The Morgan fingerprint density at radius 1 is 0.889 bits per heavy atom. The number of benzene rings is 3. The lowest BCUT2D eigenvalue weighted by molar-refractivity contribution is -0.134. The Kier molecular flexibility index (Phi) is 5.85. The van der Waals surface area contributed by atoms with Crippen LogP contribution in [0.2, 0.25) is 0 Å². The number of hydrogen-bond donors (Lipinski definition) is 0. The molecule has 4 aromatic rings. The molecule has 1 aromatic heterocycles. The molecule has 3 aromatic carbocycles. The standard InChI is InChI=1S/C28H21NO7/c1-16(2)18-7-5-6-10-22(18)36-24-15-34-23-13-17(11-12-21(23)26(24)31)35-25(30)14-29-27(32)19-8-3-4-9-20(19)28(29)33/h3-13,15-16H,14H2,1-2H3. The van der Waals surface area contributed by atoms with E-state index in [-0.39, 0.29) is 44.9 Å². The third-order valence-electron chi connectivity index (χ3n) is 5.87. The molecule has 180 valence electrons. The van der Waals surface area contributed by atoms with Crippen molar-refractivity contribution in [1.29, 1.82) is 0 Å². The van der Waals surface area contributed by atoms with Gasteiger partial charge in [0.05, 0.1) is 16.5 Å². The second kappa shape index (κ2) is 9.14. The van der Waals surface area contributed by atoms with Crippen LogP contribution in [0.25, 0.3) is 11.0 Å². The summed E-state index contributed by atoms with van der Waals surface area (Å²) in [4.78, 5) is 51.2. The maximum absolute atomic E-state index is 13.0. The molecule has 0 radical (unpaired) electrons. The first-order valence-corrected chi connectivity index (χ1v) is 11.3. The molecule has 2 amide bonds. The fourth-order valence-corrected chi connectivity index (χ4v) is 4.07. The quantitative estimate of drug-likeness (QED) is 0.218. The molecule has 8 nitrogen and oxygen atoms in total. The maximum atomic E-state index is 13.0. The van der Waals surface area contributed by atoms with Gasteiger partial charge in [-0.15, -0.1) is 0 Å². The number of hydrogen-bond acceptors (Lipinski definition) is 7. The second-order valence-electron chi connectivity index (χ2n) is 8.60. The van der Waals surface area contributed by atoms with E-state index in [2.05, 4.69) is 0 Å². The van der Waals surface area contributed by atoms with Crippen LogP contribution in [0.5, 0.6) is 17.2 Å². The normalized spacial score (nSPS) is 12.8. The Labute approximate surface area is 205 Å². The van der Waals surface area contributed by atoms with Crippen molar-refractivity contribution in [2.45, 2.75) is 19.8 Å². The number of ether oxygens (including phenoxy) is 2. The Morgan fingerprint density at radius 3 is 2.25 bits per heavy atom. The number of carbonyl (C=O) groups is 3. The SMILES string of the molecule is CC(C)c1ccccc1Oc1coc2cc(OC(=O)CN3C(=O)c4ccccc4C3=O)ccc2c1=O. The van der Waals surface area contributed by atoms with Crippen molar-refractivity contribution in [3.8, 4) is 17.2 Å². The summed E-state index contributed by atoms with van der Waals surface area (Å²) in [5.74, 6) is -1.01. The van der Waals surface area contributed by atoms with E-state index in [1.165, 1.54) is 36.6 Å². The van der Waals surface area contributed by atoms with Crippen molar-refractivity contribution in [3.63, 3.8) is 0 Å². The van der Waals surface area contributed by atoms with Gasteiger partial charge >= 0.3 is 5.97 Å². The first-order chi connectivity index (χ1) is 17.3. The van der Waals surface area contributed by atoms with Crippen LogP contribution < -0.4 is 14.9 Å². The number of amides is 2. The van der Waals surface area contributed by atoms with Crippen molar-refractivity contribution in [2.24, 2.45) is 0 Å². The Morgan fingerprint density at radius 2 is 1.56 bits per heavy atom. The third-order valence-corrected chi connectivity index (χ3v) is 5.87. The summed E-state index contributed by atoms with van der Waals surface area (Å²) in [7, 11) is 0. The van der Waals surface area contributed by atoms with E-state index in [9.17, 15) is 19.2 Å². The molecule has 2 heterocycles.